The van der Waals surface area contributed by atoms with E-state index in [2.05, 4.69) is 21.2 Å². The highest BCUT2D eigenvalue weighted by Gasteiger charge is 2.15. The number of ether oxygens (including phenoxy) is 2. The van der Waals surface area contributed by atoms with Gasteiger partial charge >= 0.3 is 5.97 Å². The second-order valence-electron chi connectivity index (χ2n) is 5.66. The lowest BCUT2D eigenvalue weighted by Gasteiger charge is -2.12. The van der Waals surface area contributed by atoms with Crippen molar-refractivity contribution in [1.82, 2.24) is 0 Å². The molecular weight excluding hydrogens is 429 g/mol. The standard InChI is InChI=1S/C21H15BrFNO4/c22-17-11-10-14(23)12-16(17)21(26)27-13-20(25)24-18-8-4-5-9-19(18)28-15-6-2-1-3-7-15/h1-12H,13H2,(H,24,25). The summed E-state index contributed by atoms with van der Waals surface area (Å²) in [5.41, 5.74) is 0.431. The first-order valence-electron chi connectivity index (χ1n) is 8.27. The fraction of sp³-hybridized carbons (Fsp3) is 0.0476. The van der Waals surface area contributed by atoms with Crippen molar-refractivity contribution in [3.63, 3.8) is 0 Å². The highest BCUT2D eigenvalue weighted by atomic mass is 79.9. The molecule has 5 nitrogen and oxygen atoms in total. The van der Waals surface area contributed by atoms with Crippen LogP contribution in [0.1, 0.15) is 10.4 Å². The maximum absolute atomic E-state index is 13.3. The molecule has 1 amide bonds. The molecule has 0 heterocycles. The molecule has 0 bridgehead atoms. The average Bonchev–Trinajstić information content (AvgIpc) is 2.70. The Bertz CT molecular complexity index is 995. The predicted molar refractivity (Wildman–Crippen MR) is 106 cm³/mol. The van der Waals surface area contributed by atoms with Gasteiger partial charge < -0.3 is 14.8 Å². The van der Waals surface area contributed by atoms with Gasteiger partial charge in [0.25, 0.3) is 5.91 Å². The quantitative estimate of drug-likeness (QED) is 0.533. The van der Waals surface area contributed by atoms with Crippen LogP contribution in [0.15, 0.2) is 77.3 Å². The molecule has 0 unspecified atom stereocenters. The number of hydrogen-bond acceptors (Lipinski definition) is 4. The van der Waals surface area contributed by atoms with E-state index < -0.39 is 24.3 Å². The Hall–Kier alpha value is -3.19. The number of benzene rings is 3. The van der Waals surface area contributed by atoms with E-state index in [1.54, 1.807) is 36.4 Å². The number of nitrogens with one attached hydrogen (secondary N) is 1. The summed E-state index contributed by atoms with van der Waals surface area (Å²) >= 11 is 3.15. The van der Waals surface area contributed by atoms with Crippen molar-refractivity contribution in [2.75, 3.05) is 11.9 Å². The van der Waals surface area contributed by atoms with Crippen molar-refractivity contribution >= 4 is 33.5 Å². The second kappa shape index (κ2) is 9.14. The first-order chi connectivity index (χ1) is 13.5. The largest absolute Gasteiger partial charge is 0.455 e. The van der Waals surface area contributed by atoms with E-state index in [1.807, 2.05) is 18.2 Å². The number of anilines is 1. The van der Waals surface area contributed by atoms with Gasteiger partial charge in [-0.15, -0.1) is 0 Å². The molecule has 28 heavy (non-hydrogen) atoms. The third kappa shape index (κ3) is 5.17. The predicted octanol–water partition coefficient (Wildman–Crippen LogP) is 5.18. The molecule has 0 aliphatic rings. The molecule has 0 fully saturated rings. The number of halogens is 2. The summed E-state index contributed by atoms with van der Waals surface area (Å²) in [6, 6.07) is 19.6. The second-order valence-corrected chi connectivity index (χ2v) is 6.51. The van der Waals surface area contributed by atoms with Crippen LogP contribution in [0.4, 0.5) is 10.1 Å². The van der Waals surface area contributed by atoms with Gasteiger partial charge in [0.15, 0.2) is 12.4 Å². The van der Waals surface area contributed by atoms with Gasteiger partial charge in [0.05, 0.1) is 11.3 Å². The highest BCUT2D eigenvalue weighted by Crippen LogP contribution is 2.29. The molecule has 3 rings (SSSR count). The van der Waals surface area contributed by atoms with Gasteiger partial charge in [-0.3, -0.25) is 4.79 Å². The number of carbonyl (C=O) groups excluding carboxylic acids is 2. The Morgan fingerprint density at radius 1 is 0.964 bits per heavy atom. The molecule has 3 aromatic rings. The van der Waals surface area contributed by atoms with E-state index in [-0.39, 0.29) is 5.56 Å². The van der Waals surface area contributed by atoms with Crippen molar-refractivity contribution in [2.24, 2.45) is 0 Å². The Labute approximate surface area is 169 Å². The molecule has 142 valence electrons. The normalized spacial score (nSPS) is 10.2. The maximum Gasteiger partial charge on any atom is 0.339 e. The Balaban J connectivity index is 1.62. The van der Waals surface area contributed by atoms with E-state index >= 15 is 0 Å². The van der Waals surface area contributed by atoms with Gasteiger partial charge in [0.2, 0.25) is 0 Å². The van der Waals surface area contributed by atoms with Gasteiger partial charge in [-0.2, -0.15) is 0 Å². The minimum atomic E-state index is -0.810. The summed E-state index contributed by atoms with van der Waals surface area (Å²) in [7, 11) is 0. The van der Waals surface area contributed by atoms with E-state index in [9.17, 15) is 14.0 Å². The van der Waals surface area contributed by atoms with Crippen molar-refractivity contribution in [1.29, 1.82) is 0 Å². The summed E-state index contributed by atoms with van der Waals surface area (Å²) in [5.74, 6) is -0.875. The summed E-state index contributed by atoms with van der Waals surface area (Å²) in [4.78, 5) is 24.2. The molecule has 3 aromatic carbocycles. The number of para-hydroxylation sites is 3. The summed E-state index contributed by atoms with van der Waals surface area (Å²) < 4.78 is 24.4. The van der Waals surface area contributed by atoms with Crippen LogP contribution in [0.3, 0.4) is 0 Å². The van der Waals surface area contributed by atoms with Crippen LogP contribution in [0, 0.1) is 5.82 Å². The number of rotatable bonds is 6. The number of esters is 1. The SMILES string of the molecule is O=C(COC(=O)c1cc(F)ccc1Br)Nc1ccccc1Oc1ccccc1. The van der Waals surface area contributed by atoms with E-state index in [0.29, 0.717) is 21.7 Å². The average molecular weight is 444 g/mol. The molecule has 0 aromatic heterocycles. The lowest BCUT2D eigenvalue weighted by molar-refractivity contribution is -0.119. The zero-order chi connectivity index (χ0) is 19.9. The summed E-state index contributed by atoms with van der Waals surface area (Å²) in [5, 5.41) is 2.64. The third-order valence-electron chi connectivity index (χ3n) is 3.61. The molecule has 0 radical (unpaired) electrons. The fourth-order valence-corrected chi connectivity index (χ4v) is 2.73. The van der Waals surface area contributed by atoms with Crippen molar-refractivity contribution in [3.8, 4) is 11.5 Å². The Kier molecular flexibility index (Phi) is 6.39. The molecular formula is C21H15BrFNO4. The fourth-order valence-electron chi connectivity index (χ4n) is 2.32. The van der Waals surface area contributed by atoms with Gasteiger partial charge in [0.1, 0.15) is 11.6 Å². The van der Waals surface area contributed by atoms with Gasteiger partial charge in [0, 0.05) is 4.47 Å². The van der Waals surface area contributed by atoms with Crippen LogP contribution < -0.4 is 10.1 Å². The first-order valence-corrected chi connectivity index (χ1v) is 9.06. The highest BCUT2D eigenvalue weighted by molar-refractivity contribution is 9.10. The number of hydrogen-bond donors (Lipinski definition) is 1. The van der Waals surface area contributed by atoms with Crippen LogP contribution in [-0.4, -0.2) is 18.5 Å². The third-order valence-corrected chi connectivity index (χ3v) is 4.31. The lowest BCUT2D eigenvalue weighted by atomic mass is 10.2. The van der Waals surface area contributed by atoms with E-state index in [0.717, 1.165) is 6.07 Å². The molecule has 0 spiro atoms. The van der Waals surface area contributed by atoms with Crippen LogP contribution in [0.25, 0.3) is 0 Å². The van der Waals surface area contributed by atoms with Gasteiger partial charge in [-0.25, -0.2) is 9.18 Å². The van der Waals surface area contributed by atoms with E-state index in [4.69, 9.17) is 9.47 Å². The maximum atomic E-state index is 13.3. The van der Waals surface area contributed by atoms with Crippen molar-refractivity contribution in [3.05, 3.63) is 88.6 Å². The van der Waals surface area contributed by atoms with Crippen molar-refractivity contribution < 1.29 is 23.5 Å². The minimum absolute atomic E-state index is 0.000566. The topological polar surface area (TPSA) is 64.6 Å². The molecule has 0 aliphatic heterocycles. The molecule has 0 saturated carbocycles. The number of carbonyl (C=O) groups is 2. The molecule has 1 N–H and O–H groups in total. The van der Waals surface area contributed by atoms with Crippen LogP contribution >= 0.6 is 15.9 Å². The zero-order valence-electron chi connectivity index (χ0n) is 14.5. The van der Waals surface area contributed by atoms with E-state index in [1.165, 1.54) is 12.1 Å². The Morgan fingerprint density at radius 2 is 1.68 bits per heavy atom. The molecule has 0 atom stereocenters. The summed E-state index contributed by atoms with van der Waals surface area (Å²) in [6.07, 6.45) is 0. The minimum Gasteiger partial charge on any atom is -0.455 e. The summed E-state index contributed by atoms with van der Waals surface area (Å²) in [6.45, 7) is -0.526. The van der Waals surface area contributed by atoms with Gasteiger partial charge in [-0.05, 0) is 58.4 Å². The molecule has 7 heteroatoms. The zero-order valence-corrected chi connectivity index (χ0v) is 16.1. The molecule has 0 aliphatic carbocycles. The smallest absolute Gasteiger partial charge is 0.339 e. The lowest BCUT2D eigenvalue weighted by Crippen LogP contribution is -2.21. The van der Waals surface area contributed by atoms with Crippen LogP contribution in [0.5, 0.6) is 11.5 Å². The molecule has 0 saturated heterocycles. The number of amides is 1. The van der Waals surface area contributed by atoms with Crippen molar-refractivity contribution in [2.45, 2.75) is 0 Å². The van der Waals surface area contributed by atoms with Gasteiger partial charge in [-0.1, -0.05) is 30.3 Å². The first kappa shape index (κ1) is 19.6. The van der Waals surface area contributed by atoms with Crippen LogP contribution in [0.2, 0.25) is 0 Å². The Morgan fingerprint density at radius 3 is 2.46 bits per heavy atom. The monoisotopic (exact) mass is 443 g/mol. The van der Waals surface area contributed by atoms with Crippen LogP contribution in [-0.2, 0) is 9.53 Å².